The van der Waals surface area contributed by atoms with E-state index in [4.69, 9.17) is 0 Å². The predicted octanol–water partition coefficient (Wildman–Crippen LogP) is 26.5. The Morgan fingerprint density at radius 2 is 0.538 bits per heavy atom. The molecule has 2 nitrogen and oxygen atoms in total. The van der Waals surface area contributed by atoms with Crippen molar-refractivity contribution in [2.45, 2.75) is 210 Å². The highest BCUT2D eigenvalue weighted by atomic mass is 14.9. The number of rotatable bonds is 10. The second-order valence-corrected chi connectivity index (χ2v) is 35.0. The zero-order valence-electron chi connectivity index (χ0n) is 60.0. The van der Waals surface area contributed by atoms with Gasteiger partial charge in [0.1, 0.15) is 0 Å². The van der Waals surface area contributed by atoms with E-state index in [1.165, 1.54) is 94.6 Å². The average molecular weight is 1200 g/mol. The van der Waals surface area contributed by atoms with Gasteiger partial charge in [0.2, 0.25) is 0 Å². The number of anilines is 4. The summed E-state index contributed by atoms with van der Waals surface area (Å²) in [5.41, 5.74) is 26.8. The van der Waals surface area contributed by atoms with E-state index in [2.05, 4.69) is 359 Å². The minimum Gasteiger partial charge on any atom is -0.354 e. The SMILES string of the molecule is CC(C)(C)Cc1ccc(-c2cc(Nc3c4ccccc4c(Nc4cc(-c5cc(C(C)(C)C)cc(C(C)(C)C)c5)cc(-c5cc(C(C)(C)C)cc(C(C)(C)C)c5)c4)c4cc(-c5ccccc5)ccc34)cc(-c3cc(C(C)(C)C)cc(C(C)(C)C)c3)c2)cc1C(C)(C)C. The van der Waals surface area contributed by atoms with Crippen LogP contribution in [0.3, 0.4) is 0 Å². The standard InChI is InChI=1S/C89H106N2/c1-82(2,3)55-59-35-34-58(51-79(59)89(22,23)24)60-38-61(64-40-67(83(4,5)6)52-68(41-64)84(7,8)9)47-73(46-60)90-80-75-32-28-29-33-76(75)81(78-50-57(36-37-77(78)80)56-30-26-25-27-31-56)91-74-48-62(65-42-69(85(10,11)12)53-70(43-65)86(13,14)15)39-63(49-74)66-44-71(87(16,17)18)54-72(45-66)88(19,20)21/h25-54,90-91H,55H2,1-24H3. The second-order valence-electron chi connectivity index (χ2n) is 35.0. The molecule has 0 amide bonds. The summed E-state index contributed by atoms with van der Waals surface area (Å²) in [7, 11) is 0. The van der Waals surface area contributed by atoms with Gasteiger partial charge in [-0.1, -0.05) is 306 Å². The molecule has 0 aliphatic heterocycles. The van der Waals surface area contributed by atoms with Crippen LogP contribution in [-0.2, 0) is 44.3 Å². The Labute approximate surface area is 549 Å². The van der Waals surface area contributed by atoms with E-state index >= 15 is 0 Å². The lowest BCUT2D eigenvalue weighted by Crippen LogP contribution is -2.18. The highest BCUT2D eigenvalue weighted by Crippen LogP contribution is 2.48. The molecule has 2 N–H and O–H groups in total. The van der Waals surface area contributed by atoms with E-state index in [-0.39, 0.29) is 43.3 Å². The van der Waals surface area contributed by atoms with Gasteiger partial charge in [-0.3, -0.25) is 0 Å². The lowest BCUT2D eigenvalue weighted by molar-refractivity contribution is 0.406. The first kappa shape index (κ1) is 66.2. The minimum atomic E-state index is -0.0508. The Morgan fingerprint density at radius 1 is 0.231 bits per heavy atom. The van der Waals surface area contributed by atoms with Gasteiger partial charge in [0.25, 0.3) is 0 Å². The van der Waals surface area contributed by atoms with Crippen molar-refractivity contribution in [2.75, 3.05) is 10.6 Å². The van der Waals surface area contributed by atoms with Crippen LogP contribution >= 0.6 is 0 Å². The molecule has 0 spiro atoms. The molecular formula is C89H106N2. The Kier molecular flexibility index (Phi) is 17.3. The molecule has 2 heteroatoms. The first-order valence-corrected chi connectivity index (χ1v) is 33.6. The van der Waals surface area contributed by atoms with Crippen LogP contribution in [0.4, 0.5) is 22.7 Å². The van der Waals surface area contributed by atoms with E-state index < -0.39 is 0 Å². The summed E-state index contributed by atoms with van der Waals surface area (Å²) in [6.07, 6.45) is 1.01. The lowest BCUT2D eigenvalue weighted by atomic mass is 9.77. The van der Waals surface area contributed by atoms with Gasteiger partial charge >= 0.3 is 0 Å². The van der Waals surface area contributed by atoms with Gasteiger partial charge in [-0.2, -0.15) is 0 Å². The number of hydrogen-bond acceptors (Lipinski definition) is 2. The highest BCUT2D eigenvalue weighted by molar-refractivity contribution is 6.21. The van der Waals surface area contributed by atoms with Gasteiger partial charge in [0.15, 0.2) is 0 Å². The molecule has 0 radical (unpaired) electrons. The Hall–Kier alpha value is -7.68. The van der Waals surface area contributed by atoms with E-state index in [1.54, 1.807) is 0 Å². The molecule has 0 aliphatic rings. The number of fused-ring (bicyclic) bond motifs is 2. The summed E-state index contributed by atoms with van der Waals surface area (Å²) in [4.78, 5) is 0. The molecule has 0 bridgehead atoms. The molecule has 0 saturated carbocycles. The smallest absolute Gasteiger partial charge is 0.0545 e. The number of hydrogen-bond donors (Lipinski definition) is 2. The van der Waals surface area contributed by atoms with Crippen molar-refractivity contribution in [3.63, 3.8) is 0 Å². The molecular weight excluding hydrogens is 1100 g/mol. The highest BCUT2D eigenvalue weighted by Gasteiger charge is 2.28. The third-order valence-corrected chi connectivity index (χ3v) is 18.5. The Morgan fingerprint density at radius 3 is 0.890 bits per heavy atom. The second kappa shape index (κ2) is 23.8. The molecule has 0 fully saturated rings. The third-order valence-electron chi connectivity index (χ3n) is 18.5. The van der Waals surface area contributed by atoms with Crippen molar-refractivity contribution < 1.29 is 0 Å². The maximum absolute atomic E-state index is 4.26. The average Bonchev–Trinajstić information content (AvgIpc) is 0.750. The zero-order chi connectivity index (χ0) is 66.3. The summed E-state index contributed by atoms with van der Waals surface area (Å²) >= 11 is 0. The van der Waals surface area contributed by atoms with Crippen molar-refractivity contribution >= 4 is 44.3 Å². The van der Waals surface area contributed by atoms with Crippen LogP contribution < -0.4 is 10.6 Å². The molecule has 10 aromatic carbocycles. The van der Waals surface area contributed by atoms with Crippen LogP contribution in [-0.4, -0.2) is 0 Å². The van der Waals surface area contributed by atoms with Crippen LogP contribution in [0.5, 0.6) is 0 Å². The lowest BCUT2D eigenvalue weighted by Gasteiger charge is -2.28. The Balaban J connectivity index is 1.25. The molecule has 0 atom stereocenters. The van der Waals surface area contributed by atoms with E-state index in [0.717, 1.165) is 56.3 Å². The summed E-state index contributed by atoms with van der Waals surface area (Å²) in [5.74, 6) is 0. The molecule has 91 heavy (non-hydrogen) atoms. The fraction of sp³-hybridized carbons (Fsp3) is 0.371. The van der Waals surface area contributed by atoms with E-state index in [0.29, 0.717) is 0 Å². The van der Waals surface area contributed by atoms with Crippen LogP contribution in [0.25, 0.3) is 77.2 Å². The van der Waals surface area contributed by atoms with Gasteiger partial charge in [0, 0.05) is 32.9 Å². The van der Waals surface area contributed by atoms with Crippen molar-refractivity contribution in [3.8, 4) is 55.6 Å². The summed E-state index contributed by atoms with van der Waals surface area (Å²) in [6, 6.07) is 70.7. The van der Waals surface area contributed by atoms with Crippen LogP contribution in [0.15, 0.2) is 182 Å². The maximum atomic E-state index is 4.26. The van der Waals surface area contributed by atoms with E-state index in [1.807, 2.05) is 0 Å². The summed E-state index contributed by atoms with van der Waals surface area (Å²) in [5, 5.41) is 13.1. The van der Waals surface area contributed by atoms with Crippen LogP contribution in [0, 0.1) is 5.41 Å². The topological polar surface area (TPSA) is 24.1 Å². The number of benzene rings is 10. The first-order chi connectivity index (χ1) is 42.1. The fourth-order valence-electron chi connectivity index (χ4n) is 12.8. The summed E-state index contributed by atoms with van der Waals surface area (Å²) < 4.78 is 0. The fourth-order valence-corrected chi connectivity index (χ4v) is 12.8. The van der Waals surface area contributed by atoms with E-state index in [9.17, 15) is 0 Å². The minimum absolute atomic E-state index is 0.0471. The van der Waals surface area contributed by atoms with Crippen molar-refractivity contribution in [1.29, 1.82) is 0 Å². The first-order valence-electron chi connectivity index (χ1n) is 33.6. The van der Waals surface area contributed by atoms with Gasteiger partial charge in [-0.15, -0.1) is 0 Å². The Bertz CT molecular complexity index is 4160. The maximum Gasteiger partial charge on any atom is 0.0545 e. The summed E-state index contributed by atoms with van der Waals surface area (Å²) in [6.45, 7) is 56.2. The van der Waals surface area contributed by atoms with Crippen LogP contribution in [0.2, 0.25) is 0 Å². The van der Waals surface area contributed by atoms with Gasteiger partial charge < -0.3 is 10.6 Å². The van der Waals surface area contributed by atoms with Gasteiger partial charge in [-0.05, 0) is 192 Å². The molecule has 0 saturated heterocycles. The van der Waals surface area contributed by atoms with Gasteiger partial charge in [-0.25, -0.2) is 0 Å². The normalized spacial score (nSPS) is 13.1. The zero-order valence-corrected chi connectivity index (χ0v) is 60.0. The molecule has 472 valence electrons. The quantitative estimate of drug-likeness (QED) is 0.105. The van der Waals surface area contributed by atoms with Crippen molar-refractivity contribution in [3.05, 3.63) is 226 Å². The molecule has 10 aromatic rings. The van der Waals surface area contributed by atoms with Crippen molar-refractivity contribution in [1.82, 2.24) is 0 Å². The molecule has 0 aliphatic carbocycles. The molecule has 10 rings (SSSR count). The largest absolute Gasteiger partial charge is 0.354 e. The van der Waals surface area contributed by atoms with Crippen molar-refractivity contribution in [2.24, 2.45) is 5.41 Å². The van der Waals surface area contributed by atoms with Crippen LogP contribution in [0.1, 0.15) is 211 Å². The predicted molar refractivity (Wildman–Crippen MR) is 402 cm³/mol. The monoisotopic (exact) mass is 1200 g/mol. The molecule has 0 aromatic heterocycles. The third kappa shape index (κ3) is 15.0. The number of nitrogens with one attached hydrogen (secondary N) is 2. The van der Waals surface area contributed by atoms with Gasteiger partial charge in [0.05, 0.1) is 11.4 Å². The molecule has 0 unspecified atom stereocenters. The molecule has 0 heterocycles.